The van der Waals surface area contributed by atoms with E-state index in [0.717, 1.165) is 24.3 Å². The number of morpholine rings is 1. The number of benzene rings is 3. The first-order valence-corrected chi connectivity index (χ1v) is 15.1. The van der Waals surface area contributed by atoms with Crippen LogP contribution in [0.2, 0.25) is 5.02 Å². The summed E-state index contributed by atoms with van der Waals surface area (Å²) < 4.78 is 105. The number of hydrogen-bond donors (Lipinski definition) is 2. The molecule has 0 aromatic heterocycles. The quantitative estimate of drug-likeness (QED) is 0.375. The lowest BCUT2D eigenvalue weighted by Crippen LogP contribution is -2.40. The Morgan fingerprint density at radius 3 is 2.15 bits per heavy atom. The first-order chi connectivity index (χ1) is 19.2. The highest BCUT2D eigenvalue weighted by molar-refractivity contribution is 7.92. The van der Waals surface area contributed by atoms with Crippen LogP contribution in [0, 0.1) is 0 Å². The number of nitrogens with one attached hydrogen (secondary N) is 2. The molecule has 1 saturated heterocycles. The van der Waals surface area contributed by atoms with E-state index in [1.54, 1.807) is 0 Å². The smallest absolute Gasteiger partial charge is 0.417 e. The molecule has 3 aromatic carbocycles. The molecule has 10 nitrogen and oxygen atoms in total. The zero-order chi connectivity index (χ0) is 30.0. The molecule has 0 atom stereocenters. The van der Waals surface area contributed by atoms with Gasteiger partial charge in [-0.3, -0.25) is 9.52 Å². The average Bonchev–Trinajstić information content (AvgIpc) is 2.93. The average molecular weight is 634 g/mol. The van der Waals surface area contributed by atoms with Crippen molar-refractivity contribution in [2.75, 3.05) is 43.5 Å². The van der Waals surface area contributed by atoms with Gasteiger partial charge in [0.15, 0.2) is 0 Å². The number of carbonyl (C=O) groups is 1. The van der Waals surface area contributed by atoms with Gasteiger partial charge in [0.25, 0.3) is 15.9 Å². The van der Waals surface area contributed by atoms with Gasteiger partial charge in [0, 0.05) is 24.5 Å². The summed E-state index contributed by atoms with van der Waals surface area (Å²) in [4.78, 5) is 12.6. The maximum atomic E-state index is 13.1. The molecule has 0 spiro atoms. The standard InChI is InChI=1S/C25H23ClF3N3O7S2/c1-38-23-9-7-19(41(36,37)32-10-12-39-13-11-32)15-20(23)24(33)30-16-2-5-18(6-3-16)40(34,35)31-17-4-8-22(26)21(14-17)25(27,28)29/h2-9,14-15,31H,10-13H2,1H3,(H,30,33). The molecule has 0 aliphatic carbocycles. The van der Waals surface area contributed by atoms with Crippen molar-refractivity contribution in [2.24, 2.45) is 0 Å². The van der Waals surface area contributed by atoms with Crippen LogP contribution in [-0.2, 0) is 31.0 Å². The summed E-state index contributed by atoms with van der Waals surface area (Å²) in [6.45, 7) is 0.833. The van der Waals surface area contributed by atoms with E-state index in [4.69, 9.17) is 21.1 Å². The number of halogens is 4. The van der Waals surface area contributed by atoms with Crippen LogP contribution in [0.1, 0.15) is 15.9 Å². The summed E-state index contributed by atoms with van der Waals surface area (Å²) >= 11 is 5.58. The normalized spacial score (nSPS) is 14.9. The molecule has 0 radical (unpaired) electrons. The molecule has 2 N–H and O–H groups in total. The highest BCUT2D eigenvalue weighted by Gasteiger charge is 2.34. The molecule has 41 heavy (non-hydrogen) atoms. The second-order valence-electron chi connectivity index (χ2n) is 8.65. The number of anilines is 2. The van der Waals surface area contributed by atoms with Crippen LogP contribution in [0.3, 0.4) is 0 Å². The lowest BCUT2D eigenvalue weighted by molar-refractivity contribution is -0.137. The minimum Gasteiger partial charge on any atom is -0.496 e. The van der Waals surface area contributed by atoms with E-state index in [1.165, 1.54) is 41.7 Å². The molecule has 1 aliphatic rings. The van der Waals surface area contributed by atoms with Gasteiger partial charge >= 0.3 is 6.18 Å². The summed E-state index contributed by atoms with van der Waals surface area (Å²) in [5.74, 6) is -0.622. The van der Waals surface area contributed by atoms with Crippen molar-refractivity contribution in [1.82, 2.24) is 4.31 Å². The number of carbonyl (C=O) groups excluding carboxylic acids is 1. The van der Waals surface area contributed by atoms with Gasteiger partial charge < -0.3 is 14.8 Å². The second kappa shape index (κ2) is 11.9. The fraction of sp³-hybridized carbons (Fsp3) is 0.240. The summed E-state index contributed by atoms with van der Waals surface area (Å²) in [6.07, 6.45) is -4.78. The zero-order valence-electron chi connectivity index (χ0n) is 21.2. The highest BCUT2D eigenvalue weighted by Crippen LogP contribution is 2.36. The summed E-state index contributed by atoms with van der Waals surface area (Å²) in [5.41, 5.74) is -1.47. The van der Waals surface area contributed by atoms with E-state index < -0.39 is 42.7 Å². The Balaban J connectivity index is 1.52. The number of sulfonamides is 2. The van der Waals surface area contributed by atoms with Crippen molar-refractivity contribution in [3.05, 3.63) is 76.8 Å². The van der Waals surface area contributed by atoms with Crippen molar-refractivity contribution >= 4 is 48.9 Å². The number of hydrogen-bond acceptors (Lipinski definition) is 7. The number of methoxy groups -OCH3 is 1. The first kappa shape index (κ1) is 30.6. The third kappa shape index (κ3) is 6.93. The van der Waals surface area contributed by atoms with Gasteiger partial charge in [0.05, 0.1) is 46.3 Å². The SMILES string of the molecule is COc1ccc(S(=O)(=O)N2CCOCC2)cc1C(=O)Nc1ccc(S(=O)(=O)Nc2ccc(Cl)c(C(F)(F)F)c2)cc1. The van der Waals surface area contributed by atoms with Gasteiger partial charge in [0.1, 0.15) is 5.75 Å². The molecule has 0 unspecified atom stereocenters. The van der Waals surface area contributed by atoms with Gasteiger partial charge in [-0.15, -0.1) is 0 Å². The summed E-state index contributed by atoms with van der Waals surface area (Å²) in [6, 6.07) is 11.2. The topological polar surface area (TPSA) is 131 Å². The van der Waals surface area contributed by atoms with Crippen molar-refractivity contribution in [3.63, 3.8) is 0 Å². The molecule has 220 valence electrons. The van der Waals surface area contributed by atoms with Gasteiger partial charge in [-0.25, -0.2) is 16.8 Å². The van der Waals surface area contributed by atoms with Crippen LogP contribution in [0.5, 0.6) is 5.75 Å². The van der Waals surface area contributed by atoms with Gasteiger partial charge in [0.2, 0.25) is 10.0 Å². The molecular weight excluding hydrogens is 611 g/mol. The molecule has 4 rings (SSSR count). The Kier molecular flexibility index (Phi) is 8.84. The fourth-order valence-electron chi connectivity index (χ4n) is 3.90. The van der Waals surface area contributed by atoms with Crippen LogP contribution in [-0.4, -0.2) is 60.5 Å². The van der Waals surface area contributed by atoms with Crippen LogP contribution >= 0.6 is 11.6 Å². The van der Waals surface area contributed by atoms with Crippen molar-refractivity contribution in [1.29, 1.82) is 0 Å². The zero-order valence-corrected chi connectivity index (χ0v) is 23.6. The predicted octanol–water partition coefficient (Wildman–Crippen LogP) is 4.44. The van der Waals surface area contributed by atoms with E-state index >= 15 is 0 Å². The molecule has 1 aliphatic heterocycles. The third-order valence-corrected chi connectivity index (χ3v) is 9.59. The van der Waals surface area contributed by atoms with Crippen LogP contribution in [0.4, 0.5) is 24.5 Å². The van der Waals surface area contributed by atoms with E-state index in [0.29, 0.717) is 6.07 Å². The maximum Gasteiger partial charge on any atom is 0.417 e. The third-order valence-electron chi connectivity index (χ3n) is 5.97. The van der Waals surface area contributed by atoms with Crippen LogP contribution in [0.15, 0.2) is 70.5 Å². The predicted molar refractivity (Wildman–Crippen MR) is 144 cm³/mol. The number of alkyl halides is 3. The number of rotatable bonds is 8. The van der Waals surface area contributed by atoms with Crippen molar-refractivity contribution < 1.29 is 44.3 Å². The maximum absolute atomic E-state index is 13.1. The largest absolute Gasteiger partial charge is 0.496 e. The van der Waals surface area contributed by atoms with Gasteiger partial charge in [-0.1, -0.05) is 11.6 Å². The highest BCUT2D eigenvalue weighted by atomic mass is 35.5. The Hall–Kier alpha value is -3.37. The fourth-order valence-corrected chi connectivity index (χ4v) is 6.61. The summed E-state index contributed by atoms with van der Waals surface area (Å²) in [7, 11) is -6.89. The molecule has 0 saturated carbocycles. The second-order valence-corrected chi connectivity index (χ2v) is 12.7. The Labute approximate surface area is 239 Å². The minimum atomic E-state index is -4.78. The molecule has 0 bridgehead atoms. The van der Waals surface area contributed by atoms with E-state index in [-0.39, 0.29) is 58.8 Å². The lowest BCUT2D eigenvalue weighted by Gasteiger charge is -2.26. The monoisotopic (exact) mass is 633 g/mol. The molecule has 1 amide bonds. The van der Waals surface area contributed by atoms with E-state index in [1.807, 2.05) is 0 Å². The number of amides is 1. The van der Waals surface area contributed by atoms with Crippen LogP contribution in [0.25, 0.3) is 0 Å². The van der Waals surface area contributed by atoms with Crippen LogP contribution < -0.4 is 14.8 Å². The summed E-state index contributed by atoms with van der Waals surface area (Å²) in [5, 5.41) is 1.97. The minimum absolute atomic E-state index is 0.0802. The van der Waals surface area contributed by atoms with Crippen molar-refractivity contribution in [3.8, 4) is 5.75 Å². The molecule has 1 heterocycles. The lowest BCUT2D eigenvalue weighted by atomic mass is 10.2. The molecular formula is C25H23ClF3N3O7S2. The Morgan fingerprint density at radius 1 is 0.927 bits per heavy atom. The first-order valence-electron chi connectivity index (χ1n) is 11.8. The number of nitrogens with zero attached hydrogens (tertiary/aromatic N) is 1. The molecule has 1 fully saturated rings. The van der Waals surface area contributed by atoms with E-state index in [9.17, 15) is 34.8 Å². The van der Waals surface area contributed by atoms with Gasteiger partial charge in [-0.2, -0.15) is 17.5 Å². The Bertz CT molecular complexity index is 1660. The Morgan fingerprint density at radius 2 is 1.54 bits per heavy atom. The van der Waals surface area contributed by atoms with Gasteiger partial charge in [-0.05, 0) is 60.7 Å². The number of ether oxygens (including phenoxy) is 2. The molecule has 3 aromatic rings. The molecule has 16 heteroatoms. The van der Waals surface area contributed by atoms with Crippen molar-refractivity contribution in [2.45, 2.75) is 16.0 Å². The van der Waals surface area contributed by atoms with E-state index in [2.05, 4.69) is 10.0 Å².